The molecule has 2 N–H and O–H groups in total. The molecule has 0 unspecified atom stereocenters. The summed E-state index contributed by atoms with van der Waals surface area (Å²) in [6.45, 7) is 8.37. The van der Waals surface area contributed by atoms with Crippen LogP contribution < -0.4 is 5.32 Å². The number of aliphatic carboxylic acids is 1. The van der Waals surface area contributed by atoms with E-state index in [0.717, 1.165) is 5.69 Å². The summed E-state index contributed by atoms with van der Waals surface area (Å²) >= 11 is 0. The fourth-order valence-corrected chi connectivity index (χ4v) is 1.50. The summed E-state index contributed by atoms with van der Waals surface area (Å²) < 4.78 is 1.60. The van der Waals surface area contributed by atoms with Crippen molar-refractivity contribution in [2.24, 2.45) is 12.5 Å². The van der Waals surface area contributed by atoms with Crippen molar-refractivity contribution >= 4 is 11.9 Å². The molecule has 6 nitrogen and oxygen atoms in total. The largest absolute Gasteiger partial charge is 0.481 e. The first-order valence-electron chi connectivity index (χ1n) is 6.05. The Morgan fingerprint density at radius 2 is 1.84 bits per heavy atom. The normalized spacial score (nSPS) is 12.3. The average Bonchev–Trinajstić information content (AvgIpc) is 2.58. The lowest BCUT2D eigenvalue weighted by Gasteiger charge is -2.38. The van der Waals surface area contributed by atoms with Crippen LogP contribution in [0, 0.1) is 12.3 Å². The van der Waals surface area contributed by atoms with E-state index in [2.05, 4.69) is 10.4 Å². The maximum absolute atomic E-state index is 12.2. The van der Waals surface area contributed by atoms with Gasteiger partial charge in [-0.25, -0.2) is 0 Å². The highest BCUT2D eigenvalue weighted by atomic mass is 16.4. The second-order valence-electron chi connectivity index (χ2n) is 5.78. The topological polar surface area (TPSA) is 84.2 Å². The van der Waals surface area contributed by atoms with Crippen LogP contribution in [0.2, 0.25) is 0 Å². The van der Waals surface area contributed by atoms with Crippen molar-refractivity contribution in [3.05, 3.63) is 17.5 Å². The highest BCUT2D eigenvalue weighted by Gasteiger charge is 2.44. The van der Waals surface area contributed by atoms with Crippen LogP contribution in [0.3, 0.4) is 0 Å². The summed E-state index contributed by atoms with van der Waals surface area (Å²) in [5.41, 5.74) is -0.782. The van der Waals surface area contributed by atoms with E-state index in [1.54, 1.807) is 46.3 Å². The molecule has 0 saturated heterocycles. The molecule has 0 spiro atoms. The molecular weight excluding hydrogens is 246 g/mol. The van der Waals surface area contributed by atoms with Crippen LogP contribution in [0.15, 0.2) is 6.20 Å². The number of nitrogens with zero attached hydrogens (tertiary/aromatic N) is 2. The third-order valence-electron chi connectivity index (χ3n) is 4.00. The SMILES string of the molecule is Cc1c(C(=O)NC(C)(C)C(C)(C)C(=O)O)cnn1C. The van der Waals surface area contributed by atoms with Gasteiger partial charge in [-0.2, -0.15) is 5.10 Å². The Bertz CT molecular complexity index is 515. The van der Waals surface area contributed by atoms with Gasteiger partial charge in [-0.3, -0.25) is 14.3 Å². The number of aryl methyl sites for hydroxylation is 1. The number of carbonyl (C=O) groups excluding carboxylic acids is 1. The number of aromatic nitrogens is 2. The number of carboxylic acid groups (broad SMARTS) is 1. The summed E-state index contributed by atoms with van der Waals surface area (Å²) in [5.74, 6) is -1.27. The van der Waals surface area contributed by atoms with Crippen molar-refractivity contribution in [3.8, 4) is 0 Å². The smallest absolute Gasteiger partial charge is 0.311 e. The maximum Gasteiger partial charge on any atom is 0.311 e. The van der Waals surface area contributed by atoms with Gasteiger partial charge < -0.3 is 10.4 Å². The molecule has 0 aromatic carbocycles. The summed E-state index contributed by atoms with van der Waals surface area (Å²) in [4.78, 5) is 23.5. The minimum Gasteiger partial charge on any atom is -0.481 e. The zero-order valence-corrected chi connectivity index (χ0v) is 12.2. The highest BCUT2D eigenvalue weighted by molar-refractivity contribution is 5.96. The van der Waals surface area contributed by atoms with E-state index in [1.807, 2.05) is 0 Å². The fourth-order valence-electron chi connectivity index (χ4n) is 1.50. The number of carbonyl (C=O) groups is 2. The molecule has 1 aromatic heterocycles. The predicted molar refractivity (Wildman–Crippen MR) is 70.9 cm³/mol. The molecule has 0 radical (unpaired) electrons. The predicted octanol–water partition coefficient (Wildman–Crippen LogP) is 1.35. The lowest BCUT2D eigenvalue weighted by atomic mass is 9.74. The van der Waals surface area contributed by atoms with Crippen LogP contribution in [0.1, 0.15) is 43.7 Å². The van der Waals surface area contributed by atoms with Crippen molar-refractivity contribution < 1.29 is 14.7 Å². The molecule has 0 atom stereocenters. The molecule has 6 heteroatoms. The van der Waals surface area contributed by atoms with Gasteiger partial charge >= 0.3 is 5.97 Å². The molecule has 0 fully saturated rings. The van der Waals surface area contributed by atoms with Gasteiger partial charge in [-0.05, 0) is 34.6 Å². The van der Waals surface area contributed by atoms with E-state index in [0.29, 0.717) is 5.56 Å². The minimum absolute atomic E-state index is 0.315. The zero-order valence-electron chi connectivity index (χ0n) is 12.2. The first kappa shape index (κ1) is 15.2. The summed E-state index contributed by atoms with van der Waals surface area (Å²) in [5, 5.41) is 16.0. The van der Waals surface area contributed by atoms with Gasteiger partial charge in [0.25, 0.3) is 5.91 Å². The summed E-state index contributed by atoms with van der Waals surface area (Å²) in [6.07, 6.45) is 1.48. The maximum atomic E-state index is 12.2. The van der Waals surface area contributed by atoms with Gasteiger partial charge in [-0.1, -0.05) is 0 Å². The number of hydrogen-bond acceptors (Lipinski definition) is 3. The highest BCUT2D eigenvalue weighted by Crippen LogP contribution is 2.31. The van der Waals surface area contributed by atoms with Crippen LogP contribution in [-0.4, -0.2) is 32.3 Å². The number of hydrogen-bond donors (Lipinski definition) is 2. The molecule has 0 aliphatic rings. The number of amides is 1. The van der Waals surface area contributed by atoms with Crippen LogP contribution in [-0.2, 0) is 11.8 Å². The van der Waals surface area contributed by atoms with Crippen LogP contribution >= 0.6 is 0 Å². The molecule has 1 heterocycles. The van der Waals surface area contributed by atoms with E-state index < -0.39 is 16.9 Å². The van der Waals surface area contributed by atoms with Crippen molar-refractivity contribution in [1.29, 1.82) is 0 Å². The molecule has 1 aromatic rings. The number of nitrogens with one attached hydrogen (secondary N) is 1. The van der Waals surface area contributed by atoms with Gasteiger partial charge in [0, 0.05) is 12.7 Å². The molecule has 19 heavy (non-hydrogen) atoms. The van der Waals surface area contributed by atoms with E-state index in [9.17, 15) is 14.7 Å². The lowest BCUT2D eigenvalue weighted by molar-refractivity contribution is -0.150. The molecule has 1 amide bonds. The fraction of sp³-hybridized carbons (Fsp3) is 0.615. The van der Waals surface area contributed by atoms with Crippen LogP contribution in [0.5, 0.6) is 0 Å². The molecule has 0 aliphatic carbocycles. The van der Waals surface area contributed by atoms with Gasteiger partial charge in [0.2, 0.25) is 0 Å². The van der Waals surface area contributed by atoms with Crippen LogP contribution in [0.4, 0.5) is 0 Å². The van der Waals surface area contributed by atoms with Crippen molar-refractivity contribution in [1.82, 2.24) is 15.1 Å². The van der Waals surface area contributed by atoms with E-state index in [-0.39, 0.29) is 5.91 Å². The van der Waals surface area contributed by atoms with Gasteiger partial charge in [-0.15, -0.1) is 0 Å². The number of carboxylic acids is 1. The monoisotopic (exact) mass is 267 g/mol. The molecule has 106 valence electrons. The van der Waals surface area contributed by atoms with Crippen molar-refractivity contribution in [3.63, 3.8) is 0 Å². The Hall–Kier alpha value is -1.85. The molecule has 0 bridgehead atoms. The second kappa shape index (κ2) is 4.68. The van der Waals surface area contributed by atoms with Gasteiger partial charge in [0.1, 0.15) is 0 Å². The minimum atomic E-state index is -1.08. The Labute approximate surface area is 112 Å². The summed E-state index contributed by atoms with van der Waals surface area (Å²) in [7, 11) is 1.75. The first-order valence-corrected chi connectivity index (χ1v) is 6.05. The standard InChI is InChI=1S/C13H21N3O3/c1-8-9(7-14-16(8)6)10(17)15-13(4,5)12(2,3)11(18)19/h7H,1-6H3,(H,15,17)(H,18,19). The third kappa shape index (κ3) is 2.62. The Morgan fingerprint density at radius 3 is 2.21 bits per heavy atom. The Balaban J connectivity index is 2.99. The van der Waals surface area contributed by atoms with Crippen molar-refractivity contribution in [2.75, 3.05) is 0 Å². The molecule has 0 saturated carbocycles. The Morgan fingerprint density at radius 1 is 1.32 bits per heavy atom. The average molecular weight is 267 g/mol. The van der Waals surface area contributed by atoms with Crippen molar-refractivity contribution in [2.45, 2.75) is 40.2 Å². The van der Waals surface area contributed by atoms with E-state index in [4.69, 9.17) is 0 Å². The molecule has 1 rings (SSSR count). The number of rotatable bonds is 4. The summed E-state index contributed by atoms with van der Waals surface area (Å²) in [6, 6.07) is 0. The van der Waals surface area contributed by atoms with Gasteiger partial charge in [0.05, 0.1) is 22.7 Å². The zero-order chi connectivity index (χ0) is 15.0. The second-order valence-corrected chi connectivity index (χ2v) is 5.78. The van der Waals surface area contributed by atoms with E-state index >= 15 is 0 Å². The quantitative estimate of drug-likeness (QED) is 0.862. The lowest BCUT2D eigenvalue weighted by Crippen LogP contribution is -2.57. The first-order chi connectivity index (χ1) is 8.50. The third-order valence-corrected chi connectivity index (χ3v) is 4.00. The molecular formula is C13H21N3O3. The van der Waals surface area contributed by atoms with Crippen LogP contribution in [0.25, 0.3) is 0 Å². The molecule has 0 aliphatic heterocycles. The van der Waals surface area contributed by atoms with Gasteiger partial charge in [0.15, 0.2) is 0 Å². The Kier molecular flexibility index (Phi) is 3.74. The van der Waals surface area contributed by atoms with E-state index in [1.165, 1.54) is 6.20 Å².